The molecule has 7 heteroatoms. The maximum atomic E-state index is 12.8. The topological polar surface area (TPSA) is 86.7 Å². The van der Waals surface area contributed by atoms with E-state index in [9.17, 15) is 14.4 Å². The predicted octanol–water partition coefficient (Wildman–Crippen LogP) is 3.13. The molecule has 1 aromatic carbocycles. The number of aliphatic carboxylic acids is 1. The summed E-state index contributed by atoms with van der Waals surface area (Å²) in [7, 11) is 0. The molecule has 0 saturated carbocycles. The summed E-state index contributed by atoms with van der Waals surface area (Å²) in [6.45, 7) is 3.41. The third-order valence-corrected chi connectivity index (χ3v) is 5.75. The molecule has 1 aliphatic rings. The Morgan fingerprint density at radius 2 is 1.96 bits per heavy atom. The molecule has 2 unspecified atom stereocenters. The monoisotopic (exact) mass is 386 g/mol. The molecule has 2 N–H and O–H groups in total. The third-order valence-electron chi connectivity index (χ3n) is 4.81. The molecule has 0 spiro atoms. The molecule has 3 atom stereocenters. The quantitative estimate of drug-likeness (QED) is 0.827. The van der Waals surface area contributed by atoms with Crippen LogP contribution in [0.5, 0.6) is 0 Å². The lowest BCUT2D eigenvalue weighted by molar-refractivity contribution is -0.142. The molecular weight excluding hydrogens is 364 g/mol. The number of anilines is 1. The van der Waals surface area contributed by atoms with E-state index in [0.29, 0.717) is 6.42 Å². The summed E-state index contributed by atoms with van der Waals surface area (Å²) in [4.78, 5) is 39.4. The van der Waals surface area contributed by atoms with Crippen molar-refractivity contribution >= 4 is 34.8 Å². The Morgan fingerprint density at radius 3 is 2.56 bits per heavy atom. The van der Waals surface area contributed by atoms with Gasteiger partial charge in [0.15, 0.2) is 0 Å². The normalized spacial score (nSPS) is 21.0. The van der Waals surface area contributed by atoms with E-state index in [4.69, 9.17) is 5.11 Å². The smallest absolute Gasteiger partial charge is 0.325 e. The number of carbonyl (C=O) groups excluding carboxylic acids is 2. The minimum Gasteiger partial charge on any atom is -0.480 e. The van der Waals surface area contributed by atoms with Crippen molar-refractivity contribution in [3.05, 3.63) is 52.2 Å². The largest absolute Gasteiger partial charge is 0.480 e. The van der Waals surface area contributed by atoms with Crippen molar-refractivity contribution < 1.29 is 19.5 Å². The van der Waals surface area contributed by atoms with E-state index in [-0.39, 0.29) is 18.2 Å². The number of piperidine rings is 1. The highest BCUT2D eigenvalue weighted by molar-refractivity contribution is 7.10. The molecule has 1 aromatic heterocycles. The molecule has 1 fully saturated rings. The molecule has 142 valence electrons. The van der Waals surface area contributed by atoms with E-state index in [1.807, 2.05) is 48.7 Å². The van der Waals surface area contributed by atoms with Gasteiger partial charge in [-0.25, -0.2) is 0 Å². The van der Waals surface area contributed by atoms with E-state index in [1.165, 1.54) is 18.3 Å². The van der Waals surface area contributed by atoms with Crippen molar-refractivity contribution in [1.29, 1.82) is 0 Å². The molecular formula is C20H22N2O4S. The fourth-order valence-corrected chi connectivity index (χ4v) is 4.22. The lowest BCUT2D eigenvalue weighted by Gasteiger charge is -2.40. The van der Waals surface area contributed by atoms with Crippen LogP contribution >= 0.6 is 11.3 Å². The van der Waals surface area contributed by atoms with Crippen molar-refractivity contribution in [2.45, 2.75) is 38.8 Å². The zero-order valence-corrected chi connectivity index (χ0v) is 16.0. The van der Waals surface area contributed by atoms with Crippen LogP contribution in [0.1, 0.15) is 36.2 Å². The lowest BCUT2D eigenvalue weighted by Crippen LogP contribution is -2.50. The Hall–Kier alpha value is -2.67. The number of hydrogen-bond donors (Lipinski definition) is 2. The number of rotatable bonds is 5. The van der Waals surface area contributed by atoms with Crippen molar-refractivity contribution in [2.75, 3.05) is 4.90 Å². The first-order chi connectivity index (χ1) is 12.9. The number of carboxylic acids is 1. The minimum atomic E-state index is -1.08. The highest BCUT2D eigenvalue weighted by atomic mass is 32.1. The Labute approximate surface area is 161 Å². The molecule has 6 nitrogen and oxygen atoms in total. The molecule has 0 bridgehead atoms. The van der Waals surface area contributed by atoms with Crippen molar-refractivity contribution in [1.82, 2.24) is 5.32 Å². The first-order valence-electron chi connectivity index (χ1n) is 8.84. The number of thiophene rings is 1. The Bertz CT molecular complexity index is 832. The van der Waals surface area contributed by atoms with E-state index >= 15 is 0 Å². The van der Waals surface area contributed by atoms with Gasteiger partial charge in [0.25, 0.3) is 0 Å². The van der Waals surface area contributed by atoms with E-state index < -0.39 is 24.0 Å². The van der Waals surface area contributed by atoms with Crippen molar-refractivity contribution in [2.24, 2.45) is 5.92 Å². The summed E-state index contributed by atoms with van der Waals surface area (Å²) >= 11 is 1.49. The van der Waals surface area contributed by atoms with Gasteiger partial charge in [0.1, 0.15) is 6.04 Å². The second kappa shape index (κ2) is 7.92. The first kappa shape index (κ1) is 19.1. The van der Waals surface area contributed by atoms with Crippen LogP contribution in [0.25, 0.3) is 0 Å². The average Bonchev–Trinajstić information content (AvgIpc) is 3.16. The summed E-state index contributed by atoms with van der Waals surface area (Å²) in [5.74, 6) is -1.97. The van der Waals surface area contributed by atoms with Gasteiger partial charge in [-0.05, 0) is 43.8 Å². The second-order valence-electron chi connectivity index (χ2n) is 6.77. The molecule has 27 heavy (non-hydrogen) atoms. The predicted molar refractivity (Wildman–Crippen MR) is 104 cm³/mol. The van der Waals surface area contributed by atoms with Crippen LogP contribution in [0.4, 0.5) is 5.69 Å². The highest BCUT2D eigenvalue weighted by Gasteiger charge is 2.42. The third kappa shape index (κ3) is 4.03. The first-order valence-corrected chi connectivity index (χ1v) is 9.71. The van der Waals surface area contributed by atoms with Gasteiger partial charge in [0.2, 0.25) is 11.8 Å². The molecule has 0 radical (unpaired) electrons. The minimum absolute atomic E-state index is 0.0346. The average molecular weight is 386 g/mol. The van der Waals surface area contributed by atoms with Crippen LogP contribution in [-0.4, -0.2) is 28.9 Å². The number of amides is 2. The van der Waals surface area contributed by atoms with E-state index in [0.717, 1.165) is 16.1 Å². The zero-order valence-electron chi connectivity index (χ0n) is 15.2. The van der Waals surface area contributed by atoms with Gasteiger partial charge in [-0.3, -0.25) is 14.4 Å². The summed E-state index contributed by atoms with van der Waals surface area (Å²) in [5.41, 5.74) is 1.83. The molecule has 1 saturated heterocycles. The van der Waals surface area contributed by atoms with Crippen LogP contribution in [-0.2, 0) is 14.4 Å². The number of aryl methyl sites for hydroxylation is 1. The van der Waals surface area contributed by atoms with Gasteiger partial charge < -0.3 is 15.3 Å². The van der Waals surface area contributed by atoms with E-state index in [2.05, 4.69) is 5.32 Å². The van der Waals surface area contributed by atoms with Crippen LogP contribution in [0.3, 0.4) is 0 Å². The van der Waals surface area contributed by atoms with Gasteiger partial charge in [-0.2, -0.15) is 0 Å². The van der Waals surface area contributed by atoms with Crippen LogP contribution in [0.15, 0.2) is 41.8 Å². The summed E-state index contributed by atoms with van der Waals surface area (Å²) < 4.78 is 0. The van der Waals surface area contributed by atoms with Gasteiger partial charge >= 0.3 is 5.97 Å². The molecule has 2 amide bonds. The standard InChI is InChI=1S/C20H22N2O4S/c1-12-5-7-14(8-6-12)22-17(23)10-9-15(18(22)16-4-3-11-27-16)19(24)21-13(2)20(25)26/h3-8,11,13,15,18H,9-10H2,1-2H3,(H,21,24)(H,25,26)/t13-,15?,18?/m0/s1. The van der Waals surface area contributed by atoms with E-state index in [1.54, 1.807) is 4.90 Å². The highest BCUT2D eigenvalue weighted by Crippen LogP contribution is 2.41. The van der Waals surface area contributed by atoms with Crippen LogP contribution in [0.2, 0.25) is 0 Å². The molecule has 2 aromatic rings. The van der Waals surface area contributed by atoms with Gasteiger partial charge in [-0.1, -0.05) is 23.8 Å². The Morgan fingerprint density at radius 1 is 1.26 bits per heavy atom. The van der Waals surface area contributed by atoms with Gasteiger partial charge in [0.05, 0.1) is 12.0 Å². The van der Waals surface area contributed by atoms with Crippen LogP contribution in [0, 0.1) is 12.8 Å². The van der Waals surface area contributed by atoms with Crippen molar-refractivity contribution in [3.63, 3.8) is 0 Å². The molecule has 2 heterocycles. The Kier molecular flexibility index (Phi) is 5.60. The number of carbonyl (C=O) groups is 3. The fraction of sp³-hybridized carbons (Fsp3) is 0.350. The summed E-state index contributed by atoms with van der Waals surface area (Å²) in [5, 5.41) is 13.6. The Balaban J connectivity index is 1.98. The maximum absolute atomic E-state index is 12.8. The summed E-state index contributed by atoms with van der Waals surface area (Å²) in [6, 6.07) is 10.0. The molecule has 0 aliphatic carbocycles. The number of hydrogen-bond acceptors (Lipinski definition) is 4. The number of benzene rings is 1. The van der Waals surface area contributed by atoms with Crippen molar-refractivity contribution in [3.8, 4) is 0 Å². The molecule has 3 rings (SSSR count). The summed E-state index contributed by atoms with van der Waals surface area (Å²) in [6.07, 6.45) is 0.636. The fourth-order valence-electron chi connectivity index (χ4n) is 3.34. The van der Waals surface area contributed by atoms with Gasteiger partial charge in [0, 0.05) is 17.0 Å². The molecule has 1 aliphatic heterocycles. The van der Waals surface area contributed by atoms with Crippen LogP contribution < -0.4 is 10.2 Å². The maximum Gasteiger partial charge on any atom is 0.325 e. The number of nitrogens with one attached hydrogen (secondary N) is 1. The van der Waals surface area contributed by atoms with Gasteiger partial charge in [-0.15, -0.1) is 11.3 Å². The number of nitrogens with zero attached hydrogens (tertiary/aromatic N) is 1. The lowest BCUT2D eigenvalue weighted by atomic mass is 9.86. The second-order valence-corrected chi connectivity index (χ2v) is 7.75. The zero-order chi connectivity index (χ0) is 19.6. The number of carboxylic acid groups (broad SMARTS) is 1. The SMILES string of the molecule is Cc1ccc(N2C(=O)CCC(C(=O)N[C@@H](C)C(=O)O)C2c2cccs2)cc1.